The van der Waals surface area contributed by atoms with Crippen LogP contribution in [0.2, 0.25) is 0 Å². The molecule has 1 nitrogen and oxygen atoms in total. The number of ether oxygens (including phenoxy) is 1. The van der Waals surface area contributed by atoms with Crippen LogP contribution in [0.1, 0.15) is 30.7 Å². The summed E-state index contributed by atoms with van der Waals surface area (Å²) in [5, 5.41) is 0. The molecule has 1 fully saturated rings. The largest absolute Gasteiger partial charge is 0.381 e. The van der Waals surface area contributed by atoms with E-state index in [2.05, 4.69) is 34.1 Å². The van der Waals surface area contributed by atoms with Crippen LogP contribution >= 0.6 is 27.5 Å². The van der Waals surface area contributed by atoms with Crippen molar-refractivity contribution in [2.24, 2.45) is 5.92 Å². The topological polar surface area (TPSA) is 9.23 Å². The fourth-order valence-corrected chi connectivity index (χ4v) is 3.36. The van der Waals surface area contributed by atoms with Gasteiger partial charge in [-0.1, -0.05) is 34.1 Å². The highest BCUT2D eigenvalue weighted by molar-refractivity contribution is 9.10. The minimum atomic E-state index is 0.454. The zero-order valence-corrected chi connectivity index (χ0v) is 12.2. The molecule has 17 heavy (non-hydrogen) atoms. The number of alkyl halides is 1. The molecule has 1 saturated heterocycles. The Morgan fingerprint density at radius 3 is 2.65 bits per heavy atom. The number of hydrogen-bond donors (Lipinski definition) is 0. The lowest BCUT2D eigenvalue weighted by atomic mass is 9.86. The highest BCUT2D eigenvalue weighted by Crippen LogP contribution is 2.33. The molecule has 0 spiro atoms. The van der Waals surface area contributed by atoms with Crippen molar-refractivity contribution in [1.82, 2.24) is 0 Å². The Kier molecular flexibility index (Phi) is 5.33. The van der Waals surface area contributed by atoms with Crippen LogP contribution in [0, 0.1) is 5.92 Å². The van der Waals surface area contributed by atoms with Gasteiger partial charge in [0.05, 0.1) is 0 Å². The first-order valence-electron chi connectivity index (χ1n) is 6.19. The van der Waals surface area contributed by atoms with Gasteiger partial charge in [-0.25, -0.2) is 0 Å². The molecule has 1 aliphatic heterocycles. The summed E-state index contributed by atoms with van der Waals surface area (Å²) in [7, 11) is 0. The Labute approximate surface area is 117 Å². The molecule has 0 N–H and O–H groups in total. The van der Waals surface area contributed by atoms with Crippen molar-refractivity contribution < 1.29 is 4.74 Å². The van der Waals surface area contributed by atoms with Gasteiger partial charge in [0.25, 0.3) is 0 Å². The van der Waals surface area contributed by atoms with E-state index in [1.54, 1.807) is 0 Å². The molecule has 1 aromatic carbocycles. The van der Waals surface area contributed by atoms with Crippen molar-refractivity contribution in [2.45, 2.75) is 25.2 Å². The Balaban J connectivity index is 2.03. The maximum Gasteiger partial charge on any atom is 0.0468 e. The van der Waals surface area contributed by atoms with Crippen molar-refractivity contribution >= 4 is 27.5 Å². The second-order valence-electron chi connectivity index (χ2n) is 4.66. The lowest BCUT2D eigenvalue weighted by molar-refractivity contribution is 0.0622. The van der Waals surface area contributed by atoms with E-state index in [0.29, 0.717) is 11.8 Å². The van der Waals surface area contributed by atoms with Gasteiger partial charge >= 0.3 is 0 Å². The number of rotatable bonds is 4. The zero-order chi connectivity index (χ0) is 12.1. The lowest BCUT2D eigenvalue weighted by Crippen LogP contribution is -2.18. The van der Waals surface area contributed by atoms with Crippen molar-refractivity contribution in [3.05, 3.63) is 34.3 Å². The molecule has 1 aromatic rings. The summed E-state index contributed by atoms with van der Waals surface area (Å²) in [5.41, 5.74) is 1.34. The van der Waals surface area contributed by atoms with Crippen LogP contribution in [0.5, 0.6) is 0 Å². The number of halogens is 2. The minimum Gasteiger partial charge on any atom is -0.381 e. The number of hydrogen-bond acceptors (Lipinski definition) is 1. The van der Waals surface area contributed by atoms with Crippen molar-refractivity contribution in [1.29, 1.82) is 0 Å². The predicted molar refractivity (Wildman–Crippen MR) is 75.8 cm³/mol. The molecule has 0 saturated carbocycles. The Bertz CT molecular complexity index is 350. The fraction of sp³-hybridized carbons (Fsp3) is 0.571. The van der Waals surface area contributed by atoms with E-state index < -0.39 is 0 Å². The van der Waals surface area contributed by atoms with E-state index in [1.807, 2.05) is 6.07 Å². The van der Waals surface area contributed by atoms with Crippen LogP contribution in [-0.4, -0.2) is 19.1 Å². The monoisotopic (exact) mass is 316 g/mol. The van der Waals surface area contributed by atoms with E-state index in [9.17, 15) is 0 Å². The molecule has 0 radical (unpaired) electrons. The standard InChI is InChI=1S/C14H18BrClO/c15-14-4-2-1-3-13(14)12(10-16)9-11-5-7-17-8-6-11/h1-4,11-12H,5-10H2. The van der Waals surface area contributed by atoms with Gasteiger partial charge in [-0.15, -0.1) is 11.6 Å². The summed E-state index contributed by atoms with van der Waals surface area (Å²) >= 11 is 9.76. The van der Waals surface area contributed by atoms with Crippen molar-refractivity contribution in [3.63, 3.8) is 0 Å². The molecule has 1 aliphatic rings. The Hall–Kier alpha value is -0.0500. The Morgan fingerprint density at radius 2 is 2.00 bits per heavy atom. The molecule has 1 heterocycles. The second-order valence-corrected chi connectivity index (χ2v) is 5.83. The van der Waals surface area contributed by atoms with Crippen LogP contribution in [0.25, 0.3) is 0 Å². The first-order valence-corrected chi connectivity index (χ1v) is 7.52. The van der Waals surface area contributed by atoms with Gasteiger partial charge in [0.1, 0.15) is 0 Å². The van der Waals surface area contributed by atoms with E-state index in [4.69, 9.17) is 16.3 Å². The highest BCUT2D eigenvalue weighted by Gasteiger charge is 2.21. The van der Waals surface area contributed by atoms with E-state index >= 15 is 0 Å². The van der Waals surface area contributed by atoms with Crippen molar-refractivity contribution in [2.75, 3.05) is 19.1 Å². The van der Waals surface area contributed by atoms with Gasteiger partial charge in [-0.2, -0.15) is 0 Å². The van der Waals surface area contributed by atoms with Crippen LogP contribution < -0.4 is 0 Å². The lowest BCUT2D eigenvalue weighted by Gasteiger charge is -2.26. The second kappa shape index (κ2) is 6.77. The minimum absolute atomic E-state index is 0.454. The van der Waals surface area contributed by atoms with Crippen LogP contribution in [0.3, 0.4) is 0 Å². The predicted octanol–water partition coefficient (Wildman–Crippen LogP) is 4.59. The first kappa shape index (κ1) is 13.4. The van der Waals surface area contributed by atoms with Gasteiger partial charge in [0.2, 0.25) is 0 Å². The smallest absolute Gasteiger partial charge is 0.0468 e. The summed E-state index contributed by atoms with van der Waals surface area (Å²) < 4.78 is 6.58. The van der Waals surface area contributed by atoms with Gasteiger partial charge < -0.3 is 4.74 Å². The molecule has 3 heteroatoms. The molecule has 2 rings (SSSR count). The van der Waals surface area contributed by atoms with E-state index in [-0.39, 0.29) is 0 Å². The van der Waals surface area contributed by atoms with Crippen LogP contribution in [-0.2, 0) is 4.74 Å². The summed E-state index contributed by atoms with van der Waals surface area (Å²) in [5.74, 6) is 1.91. The molecule has 94 valence electrons. The average molecular weight is 318 g/mol. The van der Waals surface area contributed by atoms with Gasteiger partial charge in [0, 0.05) is 23.6 Å². The van der Waals surface area contributed by atoms with Gasteiger partial charge in [-0.3, -0.25) is 0 Å². The van der Waals surface area contributed by atoms with Gasteiger partial charge in [0.15, 0.2) is 0 Å². The third kappa shape index (κ3) is 3.70. The summed E-state index contributed by atoms with van der Waals surface area (Å²) in [4.78, 5) is 0. The molecule has 0 amide bonds. The SMILES string of the molecule is ClCC(CC1CCOCC1)c1ccccc1Br. The normalized spacial score (nSPS) is 19.2. The molecular formula is C14H18BrClO. The number of benzene rings is 1. The fourth-order valence-electron chi connectivity index (χ4n) is 2.46. The van der Waals surface area contributed by atoms with E-state index in [1.165, 1.54) is 29.3 Å². The third-order valence-electron chi connectivity index (χ3n) is 3.49. The quantitative estimate of drug-likeness (QED) is 0.738. The summed E-state index contributed by atoms with van der Waals surface area (Å²) in [6.45, 7) is 1.82. The molecule has 0 bridgehead atoms. The van der Waals surface area contributed by atoms with Crippen LogP contribution in [0.4, 0.5) is 0 Å². The first-order chi connectivity index (χ1) is 8.31. The average Bonchev–Trinajstić information content (AvgIpc) is 2.38. The van der Waals surface area contributed by atoms with Crippen molar-refractivity contribution in [3.8, 4) is 0 Å². The highest BCUT2D eigenvalue weighted by atomic mass is 79.9. The van der Waals surface area contributed by atoms with Crippen LogP contribution in [0.15, 0.2) is 28.7 Å². The molecule has 1 unspecified atom stereocenters. The molecule has 0 aromatic heterocycles. The Morgan fingerprint density at radius 1 is 1.29 bits per heavy atom. The summed E-state index contributed by atoms with van der Waals surface area (Å²) in [6.07, 6.45) is 3.53. The van der Waals surface area contributed by atoms with E-state index in [0.717, 1.165) is 19.1 Å². The summed E-state index contributed by atoms with van der Waals surface area (Å²) in [6, 6.07) is 8.41. The maximum absolute atomic E-state index is 6.14. The zero-order valence-electron chi connectivity index (χ0n) is 9.87. The molecule has 0 aliphatic carbocycles. The third-order valence-corrected chi connectivity index (χ3v) is 4.58. The van der Waals surface area contributed by atoms with Gasteiger partial charge in [-0.05, 0) is 42.7 Å². The molecule has 1 atom stereocenters. The molecular weight excluding hydrogens is 300 g/mol. The maximum atomic E-state index is 6.14.